The first-order chi connectivity index (χ1) is 12.0. The second kappa shape index (κ2) is 7.31. The van der Waals surface area contributed by atoms with Crippen molar-refractivity contribution in [3.8, 4) is 5.00 Å². The number of hydrogen-bond donors (Lipinski definition) is 1. The Morgan fingerprint density at radius 2 is 1.64 bits per heavy atom. The summed E-state index contributed by atoms with van der Waals surface area (Å²) in [5, 5.41) is 5.74. The zero-order valence-electron chi connectivity index (χ0n) is 14.9. The van der Waals surface area contributed by atoms with E-state index in [1.54, 1.807) is 16.2 Å². The van der Waals surface area contributed by atoms with Gasteiger partial charge in [-0.1, -0.05) is 0 Å². The molecule has 1 fully saturated rings. The van der Waals surface area contributed by atoms with Gasteiger partial charge < -0.3 is 19.7 Å². The Labute approximate surface area is 152 Å². The molecule has 3 heterocycles. The quantitative estimate of drug-likeness (QED) is 0.915. The van der Waals surface area contributed by atoms with Gasteiger partial charge in [-0.15, -0.1) is 11.3 Å². The molecule has 7 heteroatoms. The molecule has 1 saturated heterocycles. The van der Waals surface area contributed by atoms with E-state index < -0.39 is 0 Å². The number of aromatic nitrogens is 1. The SMILES string of the molecule is CCNC(=O)N1CCN(C(=O)c2ccsc2-n2c(C)ccc2C)CC1. The third-order valence-corrected chi connectivity index (χ3v) is 5.43. The molecule has 0 spiro atoms. The Morgan fingerprint density at radius 3 is 2.24 bits per heavy atom. The molecule has 0 saturated carbocycles. The van der Waals surface area contributed by atoms with Crippen LogP contribution in [0.3, 0.4) is 0 Å². The molecule has 0 radical (unpaired) electrons. The van der Waals surface area contributed by atoms with Crippen molar-refractivity contribution in [2.45, 2.75) is 20.8 Å². The first kappa shape index (κ1) is 17.5. The molecule has 0 atom stereocenters. The average molecular weight is 360 g/mol. The monoisotopic (exact) mass is 360 g/mol. The van der Waals surface area contributed by atoms with E-state index in [1.807, 2.05) is 37.1 Å². The predicted octanol–water partition coefficient (Wildman–Crippen LogP) is 2.64. The van der Waals surface area contributed by atoms with Crippen molar-refractivity contribution in [3.63, 3.8) is 0 Å². The van der Waals surface area contributed by atoms with E-state index in [1.165, 1.54) is 0 Å². The molecule has 3 rings (SSSR count). The maximum Gasteiger partial charge on any atom is 0.317 e. The van der Waals surface area contributed by atoms with Crippen LogP contribution in [-0.4, -0.2) is 59.0 Å². The van der Waals surface area contributed by atoms with Crippen LogP contribution in [0.4, 0.5) is 4.79 Å². The molecule has 25 heavy (non-hydrogen) atoms. The Balaban J connectivity index is 1.74. The van der Waals surface area contributed by atoms with E-state index in [2.05, 4.69) is 22.0 Å². The summed E-state index contributed by atoms with van der Waals surface area (Å²) in [5.41, 5.74) is 2.98. The van der Waals surface area contributed by atoms with Gasteiger partial charge in [-0.05, 0) is 44.4 Å². The molecule has 0 aromatic carbocycles. The van der Waals surface area contributed by atoms with Gasteiger partial charge >= 0.3 is 6.03 Å². The third kappa shape index (κ3) is 3.42. The van der Waals surface area contributed by atoms with Gasteiger partial charge in [0, 0.05) is 44.1 Å². The molecule has 0 bridgehead atoms. The fourth-order valence-electron chi connectivity index (χ4n) is 3.17. The van der Waals surface area contributed by atoms with Crippen LogP contribution in [0, 0.1) is 13.8 Å². The number of hydrogen-bond acceptors (Lipinski definition) is 3. The van der Waals surface area contributed by atoms with Crippen LogP contribution in [0.1, 0.15) is 28.7 Å². The molecule has 6 nitrogen and oxygen atoms in total. The lowest BCUT2D eigenvalue weighted by atomic mass is 10.2. The van der Waals surface area contributed by atoms with E-state index in [0.29, 0.717) is 32.7 Å². The predicted molar refractivity (Wildman–Crippen MR) is 99.7 cm³/mol. The largest absolute Gasteiger partial charge is 0.338 e. The maximum absolute atomic E-state index is 13.0. The Morgan fingerprint density at radius 1 is 1.04 bits per heavy atom. The first-order valence-corrected chi connectivity index (χ1v) is 9.45. The Kier molecular flexibility index (Phi) is 5.13. The summed E-state index contributed by atoms with van der Waals surface area (Å²) in [5.74, 6) is 0.0410. The van der Waals surface area contributed by atoms with Crippen molar-refractivity contribution in [2.75, 3.05) is 32.7 Å². The van der Waals surface area contributed by atoms with E-state index >= 15 is 0 Å². The fraction of sp³-hybridized carbons (Fsp3) is 0.444. The van der Waals surface area contributed by atoms with Gasteiger partial charge in [0.1, 0.15) is 5.00 Å². The molecule has 1 N–H and O–H groups in total. The van der Waals surface area contributed by atoms with Crippen LogP contribution in [-0.2, 0) is 0 Å². The number of aryl methyl sites for hydroxylation is 2. The van der Waals surface area contributed by atoms with Crippen LogP contribution < -0.4 is 5.32 Å². The summed E-state index contributed by atoms with van der Waals surface area (Å²) in [6.45, 7) is 8.88. The lowest BCUT2D eigenvalue weighted by molar-refractivity contribution is 0.0666. The number of rotatable bonds is 3. The number of carbonyl (C=O) groups excluding carboxylic acids is 2. The number of piperazine rings is 1. The fourth-order valence-corrected chi connectivity index (χ4v) is 4.18. The highest BCUT2D eigenvalue weighted by atomic mass is 32.1. The van der Waals surface area contributed by atoms with Crippen molar-refractivity contribution < 1.29 is 9.59 Å². The smallest absolute Gasteiger partial charge is 0.317 e. The van der Waals surface area contributed by atoms with E-state index in [-0.39, 0.29) is 11.9 Å². The van der Waals surface area contributed by atoms with Gasteiger partial charge in [0.15, 0.2) is 0 Å². The van der Waals surface area contributed by atoms with Crippen molar-refractivity contribution >= 4 is 23.3 Å². The molecule has 0 aliphatic carbocycles. The van der Waals surface area contributed by atoms with Crippen molar-refractivity contribution in [2.24, 2.45) is 0 Å². The second-order valence-electron chi connectivity index (χ2n) is 6.21. The highest BCUT2D eigenvalue weighted by Gasteiger charge is 2.27. The van der Waals surface area contributed by atoms with Crippen LogP contribution in [0.5, 0.6) is 0 Å². The van der Waals surface area contributed by atoms with Crippen molar-refractivity contribution in [3.05, 3.63) is 40.5 Å². The summed E-state index contributed by atoms with van der Waals surface area (Å²) in [4.78, 5) is 28.5. The second-order valence-corrected chi connectivity index (χ2v) is 7.10. The zero-order valence-corrected chi connectivity index (χ0v) is 15.7. The molecular weight excluding hydrogens is 336 g/mol. The molecule has 134 valence electrons. The zero-order chi connectivity index (χ0) is 18.0. The molecule has 3 amide bonds. The minimum absolute atomic E-state index is 0.0410. The number of thiophene rings is 1. The average Bonchev–Trinajstić information content (AvgIpc) is 3.21. The number of urea groups is 1. The maximum atomic E-state index is 13.0. The van der Waals surface area contributed by atoms with Gasteiger partial charge in [-0.3, -0.25) is 4.79 Å². The summed E-state index contributed by atoms with van der Waals surface area (Å²) in [6.07, 6.45) is 0. The summed E-state index contributed by atoms with van der Waals surface area (Å²) in [6, 6.07) is 5.98. The molecule has 0 unspecified atom stereocenters. The number of carbonyl (C=O) groups is 2. The van der Waals surface area contributed by atoms with Gasteiger partial charge in [-0.2, -0.15) is 0 Å². The van der Waals surface area contributed by atoms with Crippen molar-refractivity contribution in [1.82, 2.24) is 19.7 Å². The Hall–Kier alpha value is -2.28. The van der Waals surface area contributed by atoms with E-state index in [4.69, 9.17) is 0 Å². The van der Waals surface area contributed by atoms with E-state index in [9.17, 15) is 9.59 Å². The molecule has 2 aromatic rings. The standard InChI is InChI=1S/C18H24N4O2S/c1-4-19-18(24)21-10-8-20(9-11-21)16(23)15-7-12-25-17(15)22-13(2)5-6-14(22)3/h5-7,12H,4,8-11H2,1-3H3,(H,19,24). The van der Waals surface area contributed by atoms with Gasteiger partial charge in [0.2, 0.25) is 0 Å². The number of nitrogens with zero attached hydrogens (tertiary/aromatic N) is 3. The van der Waals surface area contributed by atoms with Crippen LogP contribution >= 0.6 is 11.3 Å². The highest BCUT2D eigenvalue weighted by Crippen LogP contribution is 2.27. The van der Waals surface area contributed by atoms with Crippen LogP contribution in [0.15, 0.2) is 23.6 Å². The van der Waals surface area contributed by atoms with Crippen LogP contribution in [0.2, 0.25) is 0 Å². The minimum Gasteiger partial charge on any atom is -0.338 e. The molecular formula is C18H24N4O2S. The number of nitrogens with one attached hydrogen (secondary N) is 1. The summed E-state index contributed by atoms with van der Waals surface area (Å²) < 4.78 is 2.13. The van der Waals surface area contributed by atoms with Gasteiger partial charge in [-0.25, -0.2) is 4.79 Å². The summed E-state index contributed by atoms with van der Waals surface area (Å²) >= 11 is 1.58. The van der Waals surface area contributed by atoms with Gasteiger partial charge in [0.05, 0.1) is 5.56 Å². The highest BCUT2D eigenvalue weighted by molar-refractivity contribution is 7.13. The van der Waals surface area contributed by atoms with Crippen LogP contribution in [0.25, 0.3) is 5.00 Å². The minimum atomic E-state index is -0.0515. The molecule has 1 aliphatic rings. The van der Waals surface area contributed by atoms with E-state index in [0.717, 1.165) is 22.0 Å². The topological polar surface area (TPSA) is 57.6 Å². The number of amides is 3. The third-order valence-electron chi connectivity index (χ3n) is 4.53. The first-order valence-electron chi connectivity index (χ1n) is 8.57. The van der Waals surface area contributed by atoms with Gasteiger partial charge in [0.25, 0.3) is 5.91 Å². The molecule has 2 aromatic heterocycles. The van der Waals surface area contributed by atoms with Crippen molar-refractivity contribution in [1.29, 1.82) is 0 Å². The lowest BCUT2D eigenvalue weighted by Gasteiger charge is -2.34. The Bertz CT molecular complexity index is 752. The normalized spacial score (nSPS) is 14.7. The lowest BCUT2D eigenvalue weighted by Crippen LogP contribution is -2.53. The summed E-state index contributed by atoms with van der Waals surface area (Å²) in [7, 11) is 0. The molecule has 1 aliphatic heterocycles.